The van der Waals surface area contributed by atoms with E-state index < -0.39 is 0 Å². The Morgan fingerprint density at radius 3 is 2.02 bits per heavy atom. The summed E-state index contributed by atoms with van der Waals surface area (Å²) in [6.45, 7) is 4.25. The third kappa shape index (κ3) is 9.59. The van der Waals surface area contributed by atoms with Crippen molar-refractivity contribution in [3.8, 4) is 17.2 Å². The Bertz CT molecular complexity index is 1110. The molecule has 0 heterocycles. The van der Waals surface area contributed by atoms with E-state index in [1.165, 1.54) is 83.5 Å². The van der Waals surface area contributed by atoms with E-state index >= 15 is 0 Å². The SMILES string of the molecule is C/C=C/C=C(/C=C/CCCCCCCCCC)OC(=O)CC1(SCc2c(OC)cc(OC)cc2OC)C2CC3CC(C2)CC1C3. The van der Waals surface area contributed by atoms with Gasteiger partial charge in [-0.3, -0.25) is 4.79 Å². The van der Waals surface area contributed by atoms with Gasteiger partial charge in [-0.05, 0) is 87.7 Å². The zero-order chi connectivity index (χ0) is 32.1. The maximum atomic E-state index is 13.8. The monoisotopic (exact) mass is 638 g/mol. The first kappa shape index (κ1) is 35.5. The van der Waals surface area contributed by atoms with Gasteiger partial charge in [-0.15, -0.1) is 11.8 Å². The maximum absolute atomic E-state index is 13.8. The number of carbonyl (C=O) groups is 1. The average molecular weight is 639 g/mol. The summed E-state index contributed by atoms with van der Waals surface area (Å²) in [5.74, 6) is 6.16. The molecule has 4 aliphatic rings. The van der Waals surface area contributed by atoms with Crippen LogP contribution in [0.15, 0.2) is 48.3 Å². The molecule has 4 aliphatic carbocycles. The molecule has 0 radical (unpaired) electrons. The van der Waals surface area contributed by atoms with Gasteiger partial charge < -0.3 is 18.9 Å². The standard InChI is InChI=1S/C39H58O5S/c1-6-8-10-11-12-13-14-15-16-17-19-33(18-9-7-2)44-38(40)27-39(31-21-29-20-30(23-31)24-32(39)22-29)45-28-35-36(42-4)25-34(41-3)26-37(35)43-5/h7,9,17-19,25-26,29-32H,6,8,10-16,20-24,27-28H2,1-5H3/b9-7+,19-17+,33-18-. The topological polar surface area (TPSA) is 54.0 Å². The lowest BCUT2D eigenvalue weighted by atomic mass is 9.51. The van der Waals surface area contributed by atoms with E-state index in [1.54, 1.807) is 21.3 Å². The second kappa shape index (κ2) is 18.1. The van der Waals surface area contributed by atoms with Gasteiger partial charge in [0.25, 0.3) is 0 Å². The molecule has 5 rings (SSSR count). The quantitative estimate of drug-likeness (QED) is 0.0613. The summed E-state index contributed by atoms with van der Waals surface area (Å²) >= 11 is 1.94. The van der Waals surface area contributed by atoms with Gasteiger partial charge in [0.15, 0.2) is 0 Å². The summed E-state index contributed by atoms with van der Waals surface area (Å²) in [5.41, 5.74) is 1.02. The van der Waals surface area contributed by atoms with Crippen LogP contribution in [0.25, 0.3) is 0 Å². The van der Waals surface area contributed by atoms with Gasteiger partial charge >= 0.3 is 5.97 Å². The lowest BCUT2D eigenvalue weighted by Crippen LogP contribution is -2.56. The molecule has 0 amide bonds. The van der Waals surface area contributed by atoms with E-state index in [1.807, 2.05) is 55.1 Å². The predicted molar refractivity (Wildman–Crippen MR) is 187 cm³/mol. The fourth-order valence-corrected chi connectivity index (χ4v) is 10.1. The zero-order valence-electron chi connectivity index (χ0n) is 28.6. The lowest BCUT2D eigenvalue weighted by molar-refractivity contribution is -0.142. The summed E-state index contributed by atoms with van der Waals surface area (Å²) < 4.78 is 23.1. The Morgan fingerprint density at radius 2 is 1.47 bits per heavy atom. The van der Waals surface area contributed by atoms with Gasteiger partial charge in [0.1, 0.15) is 23.0 Å². The Kier molecular flexibility index (Phi) is 14.3. The second-order valence-electron chi connectivity index (χ2n) is 13.5. The lowest BCUT2D eigenvalue weighted by Gasteiger charge is -2.60. The molecule has 0 N–H and O–H groups in total. The van der Waals surface area contributed by atoms with Gasteiger partial charge in [0, 0.05) is 28.2 Å². The molecular weight excluding hydrogens is 580 g/mol. The maximum Gasteiger partial charge on any atom is 0.312 e. The molecule has 4 fully saturated rings. The number of unbranched alkanes of at least 4 members (excludes halogenated alkanes) is 8. The molecule has 1 aromatic rings. The van der Waals surface area contributed by atoms with Crippen molar-refractivity contribution in [2.24, 2.45) is 23.7 Å². The molecule has 0 aliphatic heterocycles. The van der Waals surface area contributed by atoms with Crippen molar-refractivity contribution in [2.45, 2.75) is 121 Å². The fourth-order valence-electron chi connectivity index (χ4n) is 8.29. The highest BCUT2D eigenvalue weighted by atomic mass is 32.2. The molecule has 45 heavy (non-hydrogen) atoms. The normalized spacial score (nSPS) is 25.8. The molecule has 0 spiro atoms. The third-order valence-electron chi connectivity index (χ3n) is 10.4. The summed E-state index contributed by atoms with van der Waals surface area (Å²) in [7, 11) is 5.04. The van der Waals surface area contributed by atoms with E-state index in [4.69, 9.17) is 18.9 Å². The summed E-state index contributed by atoms with van der Waals surface area (Å²) in [5, 5.41) is 0. The highest BCUT2D eigenvalue weighted by Crippen LogP contribution is 2.64. The van der Waals surface area contributed by atoms with E-state index in [9.17, 15) is 4.79 Å². The number of carbonyl (C=O) groups excluding carboxylic acids is 1. The first-order valence-electron chi connectivity index (χ1n) is 17.6. The largest absolute Gasteiger partial charge is 0.496 e. The first-order chi connectivity index (χ1) is 22.0. The van der Waals surface area contributed by atoms with Crippen molar-refractivity contribution in [1.29, 1.82) is 0 Å². The van der Waals surface area contributed by atoms with Crippen molar-refractivity contribution in [3.05, 3.63) is 53.8 Å². The van der Waals surface area contributed by atoms with Crippen LogP contribution in [0.4, 0.5) is 0 Å². The molecule has 0 atom stereocenters. The van der Waals surface area contributed by atoms with Crippen molar-refractivity contribution < 1.29 is 23.7 Å². The minimum absolute atomic E-state index is 0.115. The number of methoxy groups -OCH3 is 3. The van der Waals surface area contributed by atoms with Crippen LogP contribution in [-0.2, 0) is 15.3 Å². The highest BCUT2D eigenvalue weighted by molar-refractivity contribution is 8.00. The van der Waals surface area contributed by atoms with E-state index in [0.717, 1.165) is 35.3 Å². The number of hydrogen-bond acceptors (Lipinski definition) is 6. The summed E-state index contributed by atoms with van der Waals surface area (Å²) in [6.07, 6.45) is 28.2. The van der Waals surface area contributed by atoms with E-state index in [0.29, 0.717) is 35.5 Å². The Morgan fingerprint density at radius 1 is 0.867 bits per heavy atom. The van der Waals surface area contributed by atoms with E-state index in [-0.39, 0.29) is 10.7 Å². The molecule has 1 aromatic carbocycles. The molecule has 250 valence electrons. The van der Waals surface area contributed by atoms with Crippen LogP contribution in [0.1, 0.15) is 116 Å². The van der Waals surface area contributed by atoms with Crippen LogP contribution in [0.2, 0.25) is 0 Å². The smallest absolute Gasteiger partial charge is 0.312 e. The predicted octanol–water partition coefficient (Wildman–Crippen LogP) is 10.6. The molecule has 4 bridgehead atoms. The molecule has 0 saturated heterocycles. The van der Waals surface area contributed by atoms with Gasteiger partial charge in [0.05, 0.1) is 27.8 Å². The third-order valence-corrected chi connectivity index (χ3v) is 12.2. The molecule has 5 nitrogen and oxygen atoms in total. The number of hydrogen-bond donors (Lipinski definition) is 0. The Balaban J connectivity index is 1.43. The molecule has 6 heteroatoms. The van der Waals surface area contributed by atoms with Crippen LogP contribution in [-0.4, -0.2) is 32.0 Å². The first-order valence-corrected chi connectivity index (χ1v) is 18.6. The van der Waals surface area contributed by atoms with Crippen LogP contribution in [0, 0.1) is 23.7 Å². The fraction of sp³-hybridized carbons (Fsp3) is 0.667. The number of benzene rings is 1. The highest BCUT2D eigenvalue weighted by Gasteiger charge is 2.58. The van der Waals surface area contributed by atoms with Gasteiger partial charge in [-0.25, -0.2) is 0 Å². The average Bonchev–Trinajstić information content (AvgIpc) is 3.04. The summed E-state index contributed by atoms with van der Waals surface area (Å²) in [4.78, 5) is 13.8. The van der Waals surface area contributed by atoms with Crippen molar-refractivity contribution in [1.82, 2.24) is 0 Å². The van der Waals surface area contributed by atoms with Crippen molar-refractivity contribution in [2.75, 3.05) is 21.3 Å². The van der Waals surface area contributed by atoms with Crippen LogP contribution < -0.4 is 14.2 Å². The zero-order valence-corrected chi connectivity index (χ0v) is 29.4. The van der Waals surface area contributed by atoms with Gasteiger partial charge in [0.2, 0.25) is 0 Å². The number of rotatable bonds is 20. The van der Waals surface area contributed by atoms with Crippen molar-refractivity contribution in [3.63, 3.8) is 0 Å². The number of allylic oxidation sites excluding steroid dienone is 5. The van der Waals surface area contributed by atoms with Crippen molar-refractivity contribution >= 4 is 17.7 Å². The number of thioether (sulfide) groups is 1. The van der Waals surface area contributed by atoms with Crippen LogP contribution in [0.5, 0.6) is 17.2 Å². The van der Waals surface area contributed by atoms with Gasteiger partial charge in [-0.2, -0.15) is 0 Å². The summed E-state index contributed by atoms with van der Waals surface area (Å²) in [6, 6.07) is 3.85. The minimum atomic E-state index is -0.146. The van der Waals surface area contributed by atoms with E-state index in [2.05, 4.69) is 13.0 Å². The minimum Gasteiger partial charge on any atom is -0.496 e. The number of esters is 1. The Hall–Kier alpha value is -2.34. The second-order valence-corrected chi connectivity index (χ2v) is 14.8. The van der Waals surface area contributed by atoms with Crippen LogP contribution >= 0.6 is 11.8 Å². The Labute approximate surface area is 277 Å². The molecule has 4 saturated carbocycles. The molecular formula is C39H58O5S. The van der Waals surface area contributed by atoms with Crippen LogP contribution in [0.3, 0.4) is 0 Å². The number of ether oxygens (including phenoxy) is 4. The molecule has 0 unspecified atom stereocenters. The molecule has 0 aromatic heterocycles. The van der Waals surface area contributed by atoms with Gasteiger partial charge in [-0.1, -0.05) is 70.1 Å².